The lowest BCUT2D eigenvalue weighted by Crippen LogP contribution is -2.18. The number of nitrogens with zero attached hydrogens (tertiary/aromatic N) is 5. The van der Waals surface area contributed by atoms with Crippen molar-refractivity contribution >= 4 is 12.2 Å². The minimum Gasteiger partial charge on any atom is -0.263 e. The summed E-state index contributed by atoms with van der Waals surface area (Å²) in [6.45, 7) is 0.563. The molecule has 2 aromatic heterocycles. The highest BCUT2D eigenvalue weighted by atomic mass is 19.4. The topological polar surface area (TPSA) is 68.0 Å². The molecule has 3 rings (SSSR count). The van der Waals surface area contributed by atoms with Crippen LogP contribution in [0.4, 0.5) is 32.3 Å². The summed E-state index contributed by atoms with van der Waals surface area (Å²) < 4.78 is 77.3. The molecule has 2 heterocycles. The lowest BCUT2D eigenvalue weighted by atomic mass is 10.1. The van der Waals surface area contributed by atoms with Crippen LogP contribution >= 0.6 is 0 Å². The third-order valence-electron chi connectivity index (χ3n) is 3.73. The molecule has 0 aliphatic rings. The fraction of sp³-hybridized carbons (Fsp3) is 0.222. The van der Waals surface area contributed by atoms with E-state index in [1.54, 1.807) is 24.3 Å². The molecule has 0 spiro atoms. The van der Waals surface area contributed by atoms with E-state index in [2.05, 4.69) is 25.6 Å². The largest absolute Gasteiger partial charge is 0.433 e. The molecular formula is C18H14F6N6. The number of benzene rings is 1. The predicted octanol–water partition coefficient (Wildman–Crippen LogP) is 4.68. The van der Waals surface area contributed by atoms with Crippen molar-refractivity contribution in [2.75, 3.05) is 5.43 Å². The maximum absolute atomic E-state index is 13.2. The van der Waals surface area contributed by atoms with Crippen LogP contribution in [0.2, 0.25) is 0 Å². The highest BCUT2D eigenvalue weighted by Gasteiger charge is 2.34. The van der Waals surface area contributed by atoms with Crippen molar-refractivity contribution in [1.29, 1.82) is 0 Å². The van der Waals surface area contributed by atoms with Gasteiger partial charge in [-0.3, -0.25) is 4.68 Å². The molecule has 12 heteroatoms. The summed E-state index contributed by atoms with van der Waals surface area (Å²) in [5, 5.41) is 7.31. The molecule has 0 unspecified atom stereocenters. The number of aromatic nitrogens is 4. The van der Waals surface area contributed by atoms with Crippen LogP contribution in [0, 0.1) is 6.92 Å². The molecule has 0 saturated carbocycles. The van der Waals surface area contributed by atoms with E-state index in [0.717, 1.165) is 24.0 Å². The third kappa shape index (κ3) is 5.78. The molecule has 1 aromatic carbocycles. The van der Waals surface area contributed by atoms with Crippen LogP contribution in [0.5, 0.6) is 0 Å². The van der Waals surface area contributed by atoms with Gasteiger partial charge < -0.3 is 0 Å². The average Bonchev–Trinajstić information content (AvgIpc) is 3.06. The van der Waals surface area contributed by atoms with Gasteiger partial charge in [-0.15, -0.1) is 0 Å². The summed E-state index contributed by atoms with van der Waals surface area (Å²) in [5.41, 5.74) is 2.57. The lowest BCUT2D eigenvalue weighted by molar-refractivity contribution is -0.143. The van der Waals surface area contributed by atoms with Gasteiger partial charge >= 0.3 is 12.4 Å². The molecule has 30 heavy (non-hydrogen) atoms. The maximum atomic E-state index is 13.2. The van der Waals surface area contributed by atoms with Crippen LogP contribution in [-0.4, -0.2) is 32.1 Å². The van der Waals surface area contributed by atoms with E-state index in [1.165, 1.54) is 6.07 Å². The van der Waals surface area contributed by atoms with Crippen LogP contribution in [0.3, 0.4) is 0 Å². The Morgan fingerprint density at radius 1 is 1.03 bits per heavy atom. The molecule has 0 amide bonds. The number of rotatable bonds is 5. The number of alkyl halides is 6. The Labute approximate surface area is 166 Å². The Kier molecular flexibility index (Phi) is 5.76. The minimum atomic E-state index is -4.71. The fourth-order valence-corrected chi connectivity index (χ4v) is 2.39. The summed E-state index contributed by atoms with van der Waals surface area (Å²) in [5.74, 6) is -0.425. The Balaban J connectivity index is 1.82. The van der Waals surface area contributed by atoms with Crippen LogP contribution in [0.15, 0.2) is 47.7 Å². The highest BCUT2D eigenvalue weighted by Crippen LogP contribution is 2.31. The van der Waals surface area contributed by atoms with Gasteiger partial charge in [0, 0.05) is 11.8 Å². The molecule has 0 bridgehead atoms. The van der Waals surface area contributed by atoms with Crippen LogP contribution in [0.25, 0.3) is 11.3 Å². The Morgan fingerprint density at radius 2 is 1.73 bits per heavy atom. The molecule has 3 aromatic rings. The Bertz CT molecular complexity index is 1040. The normalized spacial score (nSPS) is 12.5. The second-order valence-corrected chi connectivity index (χ2v) is 6.25. The summed E-state index contributed by atoms with van der Waals surface area (Å²) in [6, 6.07) is 8.79. The van der Waals surface area contributed by atoms with Gasteiger partial charge in [-0.2, -0.15) is 36.5 Å². The first-order chi connectivity index (χ1) is 14.0. The van der Waals surface area contributed by atoms with Crippen molar-refractivity contribution in [2.45, 2.75) is 25.8 Å². The van der Waals surface area contributed by atoms with E-state index < -0.39 is 30.5 Å². The quantitative estimate of drug-likeness (QED) is 0.364. The Morgan fingerprint density at radius 3 is 2.37 bits per heavy atom. The van der Waals surface area contributed by atoms with Gasteiger partial charge in [-0.25, -0.2) is 15.4 Å². The number of nitrogens with one attached hydrogen (secondary N) is 1. The molecule has 1 N–H and O–H groups in total. The molecule has 0 saturated heterocycles. The third-order valence-corrected chi connectivity index (χ3v) is 3.73. The number of aryl methyl sites for hydroxylation is 1. The fourth-order valence-electron chi connectivity index (χ4n) is 2.39. The molecule has 0 fully saturated rings. The first-order valence-electron chi connectivity index (χ1n) is 8.42. The zero-order chi connectivity index (χ0) is 21.9. The van der Waals surface area contributed by atoms with Crippen LogP contribution in [0.1, 0.15) is 17.0 Å². The van der Waals surface area contributed by atoms with Gasteiger partial charge in [0.05, 0.1) is 11.9 Å². The van der Waals surface area contributed by atoms with Gasteiger partial charge in [0.25, 0.3) is 0 Å². The van der Waals surface area contributed by atoms with E-state index in [1.807, 2.05) is 6.92 Å². The molecule has 0 radical (unpaired) electrons. The van der Waals surface area contributed by atoms with E-state index in [-0.39, 0.29) is 11.4 Å². The van der Waals surface area contributed by atoms with Crippen LogP contribution < -0.4 is 5.43 Å². The predicted molar refractivity (Wildman–Crippen MR) is 96.7 cm³/mol. The van der Waals surface area contributed by atoms with Crippen LogP contribution in [-0.2, 0) is 12.7 Å². The van der Waals surface area contributed by atoms with Crippen molar-refractivity contribution < 1.29 is 26.3 Å². The number of hydrogen-bond donors (Lipinski definition) is 1. The van der Waals surface area contributed by atoms with Crippen molar-refractivity contribution in [1.82, 2.24) is 19.7 Å². The highest BCUT2D eigenvalue weighted by molar-refractivity contribution is 5.77. The first kappa shape index (κ1) is 21.3. The molecule has 158 valence electrons. The maximum Gasteiger partial charge on any atom is 0.433 e. The lowest BCUT2D eigenvalue weighted by Gasteiger charge is -2.10. The zero-order valence-electron chi connectivity index (χ0n) is 15.3. The first-order valence-corrected chi connectivity index (χ1v) is 8.42. The molecule has 0 atom stereocenters. The number of hydrogen-bond acceptors (Lipinski definition) is 5. The zero-order valence-corrected chi connectivity index (χ0v) is 15.3. The minimum absolute atomic E-state index is 0.0319. The average molecular weight is 428 g/mol. The molecule has 6 nitrogen and oxygen atoms in total. The summed E-state index contributed by atoms with van der Waals surface area (Å²) >= 11 is 0. The second kappa shape index (κ2) is 8.13. The van der Waals surface area contributed by atoms with Gasteiger partial charge in [0.1, 0.15) is 12.2 Å². The Hall–Kier alpha value is -3.44. The van der Waals surface area contributed by atoms with Crippen molar-refractivity contribution in [3.63, 3.8) is 0 Å². The second-order valence-electron chi connectivity index (χ2n) is 6.25. The van der Waals surface area contributed by atoms with Gasteiger partial charge in [0.2, 0.25) is 5.95 Å². The van der Waals surface area contributed by atoms with E-state index >= 15 is 0 Å². The van der Waals surface area contributed by atoms with Gasteiger partial charge in [0.15, 0.2) is 5.69 Å². The monoisotopic (exact) mass is 428 g/mol. The molecular weight excluding hydrogens is 414 g/mol. The van der Waals surface area contributed by atoms with E-state index in [4.69, 9.17) is 0 Å². The number of halogens is 6. The van der Waals surface area contributed by atoms with Crippen molar-refractivity contribution in [3.8, 4) is 11.3 Å². The SMILES string of the molecule is Cc1ccc(-c2cc(C(F)(F)F)nc(NN=Cc3ccn(CC(F)(F)F)n3)n2)cc1. The van der Waals surface area contributed by atoms with E-state index in [9.17, 15) is 26.3 Å². The van der Waals surface area contributed by atoms with Crippen molar-refractivity contribution in [2.24, 2.45) is 5.10 Å². The number of hydrazone groups is 1. The van der Waals surface area contributed by atoms with E-state index in [0.29, 0.717) is 10.2 Å². The molecule has 0 aliphatic carbocycles. The summed E-state index contributed by atoms with van der Waals surface area (Å²) in [7, 11) is 0. The molecule has 0 aliphatic heterocycles. The summed E-state index contributed by atoms with van der Waals surface area (Å²) in [4.78, 5) is 7.42. The smallest absolute Gasteiger partial charge is 0.263 e. The van der Waals surface area contributed by atoms with Crippen molar-refractivity contribution in [3.05, 3.63) is 59.5 Å². The standard InChI is InChI=1S/C18H14F6N6/c1-11-2-4-12(5-3-11)14-8-15(18(22,23)24)27-16(26-14)28-25-9-13-6-7-30(29-13)10-17(19,20)21/h2-9H,10H2,1H3,(H,26,27,28). The van der Waals surface area contributed by atoms with Gasteiger partial charge in [-0.1, -0.05) is 29.8 Å². The van der Waals surface area contributed by atoms with Gasteiger partial charge in [-0.05, 0) is 19.1 Å². The number of anilines is 1. The summed E-state index contributed by atoms with van der Waals surface area (Å²) in [6.07, 6.45) is -7.00.